The van der Waals surface area contributed by atoms with Crippen LogP contribution in [-0.2, 0) is 17.1 Å². The van der Waals surface area contributed by atoms with Crippen molar-refractivity contribution in [1.29, 1.82) is 0 Å². The van der Waals surface area contributed by atoms with Crippen LogP contribution >= 0.6 is 0 Å². The van der Waals surface area contributed by atoms with Gasteiger partial charge in [0.25, 0.3) is 0 Å². The topological polar surface area (TPSA) is 0 Å². The SMILES string of the molecule is CC(C)c1cccc(C(C)C)c1-c1[c-]c(-c2c(C(C)C)cccc2C(C)C)ccc1.CC(C)c1cccc(C(C)C)c1-c1[c-]c(-c2c(C(C)C)cccc2C(C)C)ccc1.[Fe+2]. The van der Waals surface area contributed by atoms with Gasteiger partial charge >= 0.3 is 17.1 Å². The van der Waals surface area contributed by atoms with E-state index in [0.717, 1.165) is 0 Å². The minimum absolute atomic E-state index is 0. The predicted octanol–water partition coefficient (Wildman–Crippen LogP) is 18.6. The quantitative estimate of drug-likeness (QED) is 0.0850. The summed E-state index contributed by atoms with van der Waals surface area (Å²) in [6.07, 6.45) is 0. The summed E-state index contributed by atoms with van der Waals surface area (Å²) in [5.41, 5.74) is 21.7. The molecule has 0 amide bonds. The van der Waals surface area contributed by atoms with Gasteiger partial charge in [0.1, 0.15) is 0 Å². The van der Waals surface area contributed by atoms with Crippen LogP contribution in [0.1, 0.15) is 203 Å². The van der Waals surface area contributed by atoms with Gasteiger partial charge in [0.05, 0.1) is 0 Å². The Morgan fingerprint density at radius 1 is 0.230 bits per heavy atom. The van der Waals surface area contributed by atoms with Crippen LogP contribution in [0.25, 0.3) is 44.5 Å². The Morgan fingerprint density at radius 3 is 0.492 bits per heavy atom. The molecule has 6 rings (SSSR count). The Balaban J connectivity index is 0.000000264. The van der Waals surface area contributed by atoms with E-state index in [1.54, 1.807) is 0 Å². The monoisotopic (exact) mass is 851 g/mol. The minimum Gasteiger partial charge on any atom is -0.129 e. The molecule has 0 saturated carbocycles. The number of hydrogen-bond donors (Lipinski definition) is 0. The predicted molar refractivity (Wildman–Crippen MR) is 265 cm³/mol. The average Bonchev–Trinajstić information content (AvgIpc) is 3.22. The van der Waals surface area contributed by atoms with Crippen molar-refractivity contribution >= 4 is 0 Å². The second-order valence-corrected chi connectivity index (χ2v) is 19.4. The molecule has 0 aliphatic carbocycles. The van der Waals surface area contributed by atoms with E-state index in [-0.39, 0.29) is 17.1 Å². The van der Waals surface area contributed by atoms with Crippen LogP contribution in [0.15, 0.2) is 109 Å². The van der Waals surface area contributed by atoms with Crippen molar-refractivity contribution in [2.24, 2.45) is 0 Å². The van der Waals surface area contributed by atoms with Gasteiger partial charge in [0.2, 0.25) is 0 Å². The summed E-state index contributed by atoms with van der Waals surface area (Å²) in [4.78, 5) is 0. The Bertz CT molecular complexity index is 1920. The summed E-state index contributed by atoms with van der Waals surface area (Å²) in [7, 11) is 0. The molecule has 0 radical (unpaired) electrons. The number of hydrogen-bond acceptors (Lipinski definition) is 0. The van der Waals surface area contributed by atoms with Crippen LogP contribution in [-0.4, -0.2) is 0 Å². The molecule has 0 nitrogen and oxygen atoms in total. The van der Waals surface area contributed by atoms with Gasteiger partial charge in [0.15, 0.2) is 0 Å². The fraction of sp³-hybridized carbons (Fsp3) is 0.400. The van der Waals surface area contributed by atoms with Crippen LogP contribution < -0.4 is 0 Å². The molecular weight excluding hydrogens is 777 g/mol. The van der Waals surface area contributed by atoms with E-state index >= 15 is 0 Å². The summed E-state index contributed by atoms with van der Waals surface area (Å²) in [6.45, 7) is 36.6. The molecule has 0 spiro atoms. The molecule has 1 heteroatoms. The molecule has 0 aromatic heterocycles. The van der Waals surface area contributed by atoms with Gasteiger partial charge in [-0.1, -0.05) is 250 Å². The molecule has 0 aliphatic rings. The van der Waals surface area contributed by atoms with Crippen molar-refractivity contribution in [3.63, 3.8) is 0 Å². The molecule has 0 fully saturated rings. The fourth-order valence-corrected chi connectivity index (χ4v) is 8.97. The summed E-state index contributed by atoms with van der Waals surface area (Å²) in [6, 6.07) is 48.2. The fourth-order valence-electron chi connectivity index (χ4n) is 8.97. The molecule has 0 bridgehead atoms. The largest absolute Gasteiger partial charge is 2.00 e. The van der Waals surface area contributed by atoms with Gasteiger partial charge in [-0.2, -0.15) is 0 Å². The zero-order valence-electron chi connectivity index (χ0n) is 40.4. The van der Waals surface area contributed by atoms with Gasteiger partial charge in [-0.3, -0.25) is 0 Å². The van der Waals surface area contributed by atoms with Gasteiger partial charge < -0.3 is 0 Å². The molecule has 0 atom stereocenters. The van der Waals surface area contributed by atoms with E-state index in [9.17, 15) is 0 Å². The average molecular weight is 851 g/mol. The van der Waals surface area contributed by atoms with Crippen molar-refractivity contribution in [3.05, 3.63) is 166 Å². The molecule has 0 N–H and O–H groups in total. The number of rotatable bonds is 12. The summed E-state index contributed by atoms with van der Waals surface area (Å²) in [5, 5.41) is 0. The van der Waals surface area contributed by atoms with Crippen LogP contribution in [0.4, 0.5) is 0 Å². The Labute approximate surface area is 383 Å². The Morgan fingerprint density at radius 2 is 0.361 bits per heavy atom. The molecule has 0 heterocycles. The van der Waals surface area contributed by atoms with Gasteiger partial charge in [-0.05, 0) is 47.3 Å². The van der Waals surface area contributed by atoms with Crippen molar-refractivity contribution in [1.82, 2.24) is 0 Å². The zero-order valence-corrected chi connectivity index (χ0v) is 41.5. The smallest absolute Gasteiger partial charge is 0.129 e. The van der Waals surface area contributed by atoms with Crippen molar-refractivity contribution < 1.29 is 17.1 Å². The molecular formula is C60H74Fe. The summed E-state index contributed by atoms with van der Waals surface area (Å²) < 4.78 is 0. The van der Waals surface area contributed by atoms with Gasteiger partial charge in [0, 0.05) is 0 Å². The maximum absolute atomic E-state index is 3.86. The van der Waals surface area contributed by atoms with Crippen LogP contribution in [0.2, 0.25) is 0 Å². The zero-order chi connectivity index (χ0) is 44.0. The Hall–Kier alpha value is -4.16. The standard InChI is InChI=1S/2C30H37.Fe/c2*1-19(2)25-14-10-15-26(20(3)4)29(25)23-12-9-13-24(18-23)30-27(21(5)6)16-11-17-28(30)22(7)8;/h2*9-17,19-22H,1-8H3;/q2*-1;+2. The molecule has 0 unspecified atom stereocenters. The molecule has 322 valence electrons. The first-order chi connectivity index (χ1) is 28.4. The molecule has 6 aromatic carbocycles. The second kappa shape index (κ2) is 21.8. The van der Waals surface area contributed by atoms with Crippen molar-refractivity contribution in [3.8, 4) is 44.5 Å². The summed E-state index contributed by atoms with van der Waals surface area (Å²) >= 11 is 0. The van der Waals surface area contributed by atoms with E-state index in [1.165, 1.54) is 89.0 Å². The third kappa shape index (κ3) is 11.3. The van der Waals surface area contributed by atoms with E-state index in [4.69, 9.17) is 0 Å². The van der Waals surface area contributed by atoms with Crippen LogP contribution in [0.5, 0.6) is 0 Å². The molecule has 0 aliphatic heterocycles. The third-order valence-corrected chi connectivity index (χ3v) is 12.2. The van der Waals surface area contributed by atoms with Gasteiger partial charge in [-0.15, -0.1) is 70.8 Å². The van der Waals surface area contributed by atoms with E-state index in [1.807, 2.05) is 0 Å². The van der Waals surface area contributed by atoms with E-state index in [0.29, 0.717) is 47.3 Å². The summed E-state index contributed by atoms with van der Waals surface area (Å²) in [5.74, 6) is 3.81. The van der Waals surface area contributed by atoms with E-state index < -0.39 is 0 Å². The molecule has 61 heavy (non-hydrogen) atoms. The van der Waals surface area contributed by atoms with Crippen LogP contribution in [0, 0.1) is 12.1 Å². The number of benzene rings is 6. The molecule has 6 aromatic rings. The Kier molecular flexibility index (Phi) is 17.7. The van der Waals surface area contributed by atoms with E-state index in [2.05, 4.69) is 232 Å². The maximum Gasteiger partial charge on any atom is 2.00 e. The van der Waals surface area contributed by atoms with Gasteiger partial charge in [-0.25, -0.2) is 0 Å². The normalized spacial score (nSPS) is 11.7. The molecule has 0 saturated heterocycles. The maximum atomic E-state index is 3.86. The third-order valence-electron chi connectivity index (χ3n) is 12.2. The first-order valence-electron chi connectivity index (χ1n) is 23.0. The van der Waals surface area contributed by atoms with Crippen molar-refractivity contribution in [2.45, 2.75) is 158 Å². The van der Waals surface area contributed by atoms with Crippen LogP contribution in [0.3, 0.4) is 0 Å². The minimum atomic E-state index is 0. The first kappa shape index (κ1) is 49.5. The van der Waals surface area contributed by atoms with Crippen molar-refractivity contribution in [2.75, 3.05) is 0 Å². The second-order valence-electron chi connectivity index (χ2n) is 19.4. The first-order valence-corrected chi connectivity index (χ1v) is 23.0.